The number of rotatable bonds is 5. The van der Waals surface area contributed by atoms with Crippen molar-refractivity contribution < 1.29 is 27.2 Å². The van der Waals surface area contributed by atoms with Gasteiger partial charge in [0.2, 0.25) is 0 Å². The second-order valence-corrected chi connectivity index (χ2v) is 5.66. The van der Waals surface area contributed by atoms with E-state index in [1.807, 2.05) is 0 Å². The quantitative estimate of drug-likeness (QED) is 0.362. The van der Waals surface area contributed by atoms with Gasteiger partial charge in [0.25, 0.3) is 11.8 Å². The molecule has 0 heterocycles. The van der Waals surface area contributed by atoms with E-state index in [2.05, 4.69) is 10.6 Å². The number of halogens is 4. The van der Waals surface area contributed by atoms with Gasteiger partial charge in [0.15, 0.2) is 0 Å². The van der Waals surface area contributed by atoms with Crippen LogP contribution in [0, 0.1) is 23.3 Å². The second-order valence-electron chi connectivity index (χ2n) is 5.66. The normalized spacial score (nSPS) is 10.1. The number of amides is 2. The third kappa shape index (κ3) is 5.30. The predicted octanol–water partition coefficient (Wildman–Crippen LogP) is 3.27. The van der Waals surface area contributed by atoms with Crippen LogP contribution in [0.3, 0.4) is 0 Å². The molecule has 2 amide bonds. The largest absolute Gasteiger partial charge is 0.383 e. The molecule has 0 saturated heterocycles. The van der Waals surface area contributed by atoms with Crippen LogP contribution in [0.2, 0.25) is 0 Å². The van der Waals surface area contributed by atoms with Gasteiger partial charge in [-0.05, 0) is 24.3 Å². The number of anilines is 2. The molecular weight excluding hydrogens is 366 g/mol. The molecule has 0 bridgehead atoms. The summed E-state index contributed by atoms with van der Waals surface area (Å²) in [7, 11) is 3.05. The monoisotopic (exact) mass is 381 g/mol. The molecule has 9 heteroatoms. The van der Waals surface area contributed by atoms with Crippen molar-refractivity contribution in [1.82, 2.24) is 4.90 Å². The first-order valence-electron chi connectivity index (χ1n) is 7.58. The molecule has 142 valence electrons. The van der Waals surface area contributed by atoms with E-state index < -0.39 is 40.7 Å². The van der Waals surface area contributed by atoms with Crippen LogP contribution in [0.25, 0.3) is 0 Å². The summed E-state index contributed by atoms with van der Waals surface area (Å²) in [6, 6.07) is 4.99. The molecule has 0 aliphatic carbocycles. The number of benzene rings is 2. The van der Waals surface area contributed by atoms with E-state index in [-0.39, 0.29) is 11.4 Å². The second kappa shape index (κ2) is 8.35. The minimum Gasteiger partial charge on any atom is -0.383 e. The SMILES string of the molecule is CN(C)C=C(C(=O)Nc1ccc(F)cc1F)C(=O)Nc1ccc(F)cc1F. The Bertz CT molecular complexity index is 846. The van der Waals surface area contributed by atoms with E-state index in [9.17, 15) is 27.2 Å². The van der Waals surface area contributed by atoms with E-state index in [1.54, 1.807) is 0 Å². The molecule has 0 radical (unpaired) electrons. The van der Waals surface area contributed by atoms with Crippen LogP contribution in [0.4, 0.5) is 28.9 Å². The van der Waals surface area contributed by atoms with Crippen molar-refractivity contribution in [3.63, 3.8) is 0 Å². The first-order valence-corrected chi connectivity index (χ1v) is 7.58. The van der Waals surface area contributed by atoms with Crippen LogP contribution in [-0.4, -0.2) is 30.8 Å². The number of nitrogens with zero attached hydrogens (tertiary/aromatic N) is 1. The number of carbonyl (C=O) groups excluding carboxylic acids is 2. The average molecular weight is 381 g/mol. The maximum absolute atomic E-state index is 13.7. The van der Waals surface area contributed by atoms with Crippen LogP contribution < -0.4 is 10.6 Å². The molecule has 0 unspecified atom stereocenters. The number of hydrogen-bond acceptors (Lipinski definition) is 3. The molecule has 2 aromatic carbocycles. The molecule has 27 heavy (non-hydrogen) atoms. The number of carbonyl (C=O) groups is 2. The highest BCUT2D eigenvalue weighted by molar-refractivity contribution is 6.26. The molecular formula is C18H15F4N3O2. The molecule has 0 fully saturated rings. The summed E-state index contributed by atoms with van der Waals surface area (Å²) in [6.07, 6.45) is 1.13. The molecule has 0 aliphatic heterocycles. The third-order valence-corrected chi connectivity index (χ3v) is 3.24. The van der Waals surface area contributed by atoms with Gasteiger partial charge < -0.3 is 15.5 Å². The van der Waals surface area contributed by atoms with Crippen LogP contribution >= 0.6 is 0 Å². The Balaban J connectivity index is 2.25. The maximum Gasteiger partial charge on any atom is 0.262 e. The summed E-state index contributed by atoms with van der Waals surface area (Å²) in [4.78, 5) is 26.1. The fraction of sp³-hybridized carbons (Fsp3) is 0.111. The van der Waals surface area contributed by atoms with Crippen LogP contribution in [0.15, 0.2) is 48.2 Å². The van der Waals surface area contributed by atoms with E-state index in [0.717, 1.165) is 30.5 Å². The summed E-state index contributed by atoms with van der Waals surface area (Å²) in [5.41, 5.74) is -1.16. The van der Waals surface area contributed by atoms with Gasteiger partial charge in [-0.1, -0.05) is 0 Å². The van der Waals surface area contributed by atoms with Crippen LogP contribution in [-0.2, 0) is 9.59 Å². The summed E-state index contributed by atoms with van der Waals surface area (Å²) >= 11 is 0. The van der Waals surface area contributed by atoms with Crippen molar-refractivity contribution in [3.8, 4) is 0 Å². The van der Waals surface area contributed by atoms with Gasteiger partial charge >= 0.3 is 0 Å². The zero-order valence-corrected chi connectivity index (χ0v) is 14.3. The van der Waals surface area contributed by atoms with Crippen molar-refractivity contribution >= 4 is 23.2 Å². The van der Waals surface area contributed by atoms with E-state index in [1.165, 1.54) is 19.0 Å². The minimum atomic E-state index is -1.03. The van der Waals surface area contributed by atoms with Gasteiger partial charge in [0.1, 0.15) is 28.8 Å². The molecule has 0 spiro atoms. The summed E-state index contributed by atoms with van der Waals surface area (Å²) < 4.78 is 53.3. The Kier molecular flexibility index (Phi) is 6.17. The molecule has 5 nitrogen and oxygen atoms in total. The molecule has 0 aliphatic rings. The van der Waals surface area contributed by atoms with Crippen molar-refractivity contribution in [2.24, 2.45) is 0 Å². The lowest BCUT2D eigenvalue weighted by atomic mass is 10.2. The Hall–Kier alpha value is -3.36. The first-order chi connectivity index (χ1) is 12.7. The minimum absolute atomic E-state index is 0.341. The van der Waals surface area contributed by atoms with Gasteiger partial charge in [0, 0.05) is 32.4 Å². The average Bonchev–Trinajstić information content (AvgIpc) is 2.57. The summed E-state index contributed by atoms with van der Waals surface area (Å²) in [5, 5.41) is 4.29. The van der Waals surface area contributed by atoms with Gasteiger partial charge in [-0.25, -0.2) is 17.6 Å². The summed E-state index contributed by atoms with van der Waals surface area (Å²) in [6.45, 7) is 0. The molecule has 0 saturated carbocycles. The van der Waals surface area contributed by atoms with Crippen molar-refractivity contribution in [1.29, 1.82) is 0 Å². The van der Waals surface area contributed by atoms with Gasteiger partial charge in [-0.2, -0.15) is 0 Å². The summed E-state index contributed by atoms with van der Waals surface area (Å²) in [5.74, 6) is -5.74. The highest BCUT2D eigenvalue weighted by Crippen LogP contribution is 2.18. The third-order valence-electron chi connectivity index (χ3n) is 3.24. The smallest absolute Gasteiger partial charge is 0.262 e. The molecule has 2 rings (SSSR count). The molecule has 0 atom stereocenters. The predicted molar refractivity (Wildman–Crippen MR) is 91.7 cm³/mol. The van der Waals surface area contributed by atoms with Crippen LogP contribution in [0.1, 0.15) is 0 Å². The zero-order valence-electron chi connectivity index (χ0n) is 14.3. The fourth-order valence-corrected chi connectivity index (χ4v) is 2.04. The maximum atomic E-state index is 13.7. The Labute approximate surface area is 152 Å². The molecule has 2 N–H and O–H groups in total. The lowest BCUT2D eigenvalue weighted by Gasteiger charge is -2.13. The zero-order chi connectivity index (χ0) is 20.1. The Morgan fingerprint density at radius 2 is 1.22 bits per heavy atom. The van der Waals surface area contributed by atoms with Gasteiger partial charge in [0.05, 0.1) is 11.4 Å². The lowest BCUT2D eigenvalue weighted by Crippen LogP contribution is -2.27. The topological polar surface area (TPSA) is 61.4 Å². The number of hydrogen-bond donors (Lipinski definition) is 2. The van der Waals surface area contributed by atoms with Gasteiger partial charge in [-0.15, -0.1) is 0 Å². The molecule has 2 aromatic rings. The first kappa shape index (κ1) is 20.0. The standard InChI is InChI=1S/C18H15F4N3O2/c1-25(2)9-12(17(26)23-15-5-3-10(19)7-13(15)21)18(27)24-16-6-4-11(20)8-14(16)22/h3-9H,1-2H3,(H,23,26)(H,24,27). The Morgan fingerprint density at radius 1 is 0.815 bits per heavy atom. The lowest BCUT2D eigenvalue weighted by molar-refractivity contribution is -0.118. The van der Waals surface area contributed by atoms with Crippen molar-refractivity contribution in [3.05, 3.63) is 71.4 Å². The van der Waals surface area contributed by atoms with Crippen molar-refractivity contribution in [2.45, 2.75) is 0 Å². The van der Waals surface area contributed by atoms with E-state index in [0.29, 0.717) is 12.1 Å². The Morgan fingerprint density at radius 3 is 1.56 bits per heavy atom. The highest BCUT2D eigenvalue weighted by atomic mass is 19.1. The number of nitrogens with one attached hydrogen (secondary N) is 2. The van der Waals surface area contributed by atoms with E-state index >= 15 is 0 Å². The van der Waals surface area contributed by atoms with Crippen molar-refractivity contribution in [2.75, 3.05) is 24.7 Å². The van der Waals surface area contributed by atoms with Gasteiger partial charge in [-0.3, -0.25) is 9.59 Å². The highest BCUT2D eigenvalue weighted by Gasteiger charge is 2.21. The van der Waals surface area contributed by atoms with Crippen LogP contribution in [0.5, 0.6) is 0 Å². The molecule has 0 aromatic heterocycles. The fourth-order valence-electron chi connectivity index (χ4n) is 2.04. The van der Waals surface area contributed by atoms with E-state index in [4.69, 9.17) is 0 Å².